The molecule has 1 fully saturated rings. The summed E-state index contributed by atoms with van der Waals surface area (Å²) in [5.74, 6) is -0.583. The van der Waals surface area contributed by atoms with Gasteiger partial charge in [0.05, 0.1) is 27.8 Å². The summed E-state index contributed by atoms with van der Waals surface area (Å²) in [7, 11) is 0. The first-order valence-corrected chi connectivity index (χ1v) is 10.9. The van der Waals surface area contributed by atoms with Crippen molar-refractivity contribution in [2.24, 2.45) is 0 Å². The maximum Gasteiger partial charge on any atom is 0.173 e. The van der Waals surface area contributed by atoms with E-state index in [0.29, 0.717) is 22.9 Å². The van der Waals surface area contributed by atoms with Crippen LogP contribution in [0.3, 0.4) is 0 Å². The molecule has 0 amide bonds. The number of hydrogen-bond donors (Lipinski definition) is 2. The molecule has 8 heteroatoms. The van der Waals surface area contributed by atoms with Gasteiger partial charge in [0.25, 0.3) is 0 Å². The van der Waals surface area contributed by atoms with E-state index in [-0.39, 0.29) is 11.4 Å². The summed E-state index contributed by atoms with van der Waals surface area (Å²) in [6, 6.07) is 5.80. The quantitative estimate of drug-likeness (QED) is 0.444. The zero-order chi connectivity index (χ0) is 19.3. The van der Waals surface area contributed by atoms with Crippen molar-refractivity contribution in [2.75, 3.05) is 11.9 Å². The van der Waals surface area contributed by atoms with E-state index in [9.17, 15) is 8.78 Å². The summed E-state index contributed by atoms with van der Waals surface area (Å²) >= 11 is 2.96. The predicted molar refractivity (Wildman–Crippen MR) is 112 cm³/mol. The third-order valence-electron chi connectivity index (χ3n) is 5.36. The molecule has 4 aromatic rings. The Morgan fingerprint density at radius 1 is 1.25 bits per heavy atom. The van der Waals surface area contributed by atoms with Gasteiger partial charge in [-0.3, -0.25) is 0 Å². The summed E-state index contributed by atoms with van der Waals surface area (Å²) in [5, 5.41) is 7.15. The van der Waals surface area contributed by atoms with Crippen molar-refractivity contribution >= 4 is 54.5 Å². The molecule has 4 nitrogen and oxygen atoms in total. The van der Waals surface area contributed by atoms with Gasteiger partial charge in [-0.1, -0.05) is 0 Å². The van der Waals surface area contributed by atoms with E-state index in [4.69, 9.17) is 0 Å². The second kappa shape index (κ2) is 7.02. The highest BCUT2D eigenvalue weighted by Crippen LogP contribution is 2.40. The van der Waals surface area contributed by atoms with Crippen molar-refractivity contribution in [3.8, 4) is 0 Å². The SMILES string of the molecule is CC1NCCCC1c1cc2c(Nc3ccc4scnc4c3F)c(F)cnc2s1. The first-order valence-electron chi connectivity index (χ1n) is 9.22. The first-order chi connectivity index (χ1) is 13.6. The normalized spacial score (nSPS) is 20.1. The number of rotatable bonds is 3. The summed E-state index contributed by atoms with van der Waals surface area (Å²) in [4.78, 5) is 10.3. The second-order valence-electron chi connectivity index (χ2n) is 7.09. The summed E-state index contributed by atoms with van der Waals surface area (Å²) in [6.45, 7) is 3.21. The summed E-state index contributed by atoms with van der Waals surface area (Å²) in [6.07, 6.45) is 3.42. The number of piperidine rings is 1. The minimum absolute atomic E-state index is 0.213. The van der Waals surface area contributed by atoms with Crippen molar-refractivity contribution in [3.63, 3.8) is 0 Å². The lowest BCUT2D eigenvalue weighted by atomic mass is 9.90. The first kappa shape index (κ1) is 17.9. The zero-order valence-corrected chi connectivity index (χ0v) is 16.8. The Labute approximate surface area is 168 Å². The number of thiophene rings is 1. The lowest BCUT2D eigenvalue weighted by Crippen LogP contribution is -2.37. The third-order valence-corrected chi connectivity index (χ3v) is 7.33. The Morgan fingerprint density at radius 2 is 2.14 bits per heavy atom. The van der Waals surface area contributed by atoms with Gasteiger partial charge >= 0.3 is 0 Å². The molecule has 2 unspecified atom stereocenters. The number of pyridine rings is 1. The fraction of sp³-hybridized carbons (Fsp3) is 0.300. The average molecular weight is 417 g/mol. The fourth-order valence-corrected chi connectivity index (χ4v) is 5.78. The lowest BCUT2D eigenvalue weighted by molar-refractivity contribution is 0.375. The molecule has 2 atom stereocenters. The molecule has 0 spiro atoms. The summed E-state index contributed by atoms with van der Waals surface area (Å²) in [5.41, 5.74) is 2.38. The van der Waals surface area contributed by atoms with Crippen LogP contribution in [0.2, 0.25) is 0 Å². The molecular weight excluding hydrogens is 398 g/mol. The number of nitrogens with one attached hydrogen (secondary N) is 2. The smallest absolute Gasteiger partial charge is 0.173 e. The van der Waals surface area contributed by atoms with E-state index in [0.717, 1.165) is 28.9 Å². The number of aromatic nitrogens is 2. The van der Waals surface area contributed by atoms with Gasteiger partial charge in [0, 0.05) is 22.2 Å². The van der Waals surface area contributed by atoms with Crippen LogP contribution in [0.4, 0.5) is 20.2 Å². The van der Waals surface area contributed by atoms with Crippen molar-refractivity contribution in [1.29, 1.82) is 0 Å². The second-order valence-corrected chi connectivity index (χ2v) is 9.04. The van der Waals surface area contributed by atoms with Gasteiger partial charge in [-0.25, -0.2) is 18.7 Å². The van der Waals surface area contributed by atoms with Crippen LogP contribution in [0.15, 0.2) is 29.9 Å². The van der Waals surface area contributed by atoms with Gasteiger partial charge in [0.15, 0.2) is 11.6 Å². The van der Waals surface area contributed by atoms with Gasteiger partial charge in [-0.05, 0) is 44.5 Å². The Balaban J connectivity index is 1.58. The molecule has 1 aliphatic rings. The number of thiazole rings is 1. The van der Waals surface area contributed by atoms with E-state index in [1.807, 2.05) is 6.07 Å². The molecule has 1 aromatic carbocycles. The maximum atomic E-state index is 14.8. The highest BCUT2D eigenvalue weighted by molar-refractivity contribution is 7.18. The van der Waals surface area contributed by atoms with Crippen molar-refractivity contribution in [2.45, 2.75) is 31.7 Å². The van der Waals surface area contributed by atoms with Crippen LogP contribution in [-0.2, 0) is 0 Å². The molecule has 0 radical (unpaired) electrons. The van der Waals surface area contributed by atoms with E-state index >= 15 is 0 Å². The van der Waals surface area contributed by atoms with Crippen LogP contribution in [0, 0.1) is 11.6 Å². The Bertz CT molecular complexity index is 1170. The number of benzene rings is 1. The maximum absolute atomic E-state index is 14.8. The van der Waals surface area contributed by atoms with Gasteiger partial charge < -0.3 is 10.6 Å². The number of hydrogen-bond acceptors (Lipinski definition) is 6. The van der Waals surface area contributed by atoms with Crippen molar-refractivity contribution in [3.05, 3.63) is 46.4 Å². The van der Waals surface area contributed by atoms with E-state index in [1.54, 1.807) is 29.0 Å². The van der Waals surface area contributed by atoms with E-state index in [2.05, 4.69) is 27.5 Å². The van der Waals surface area contributed by atoms with Crippen molar-refractivity contribution in [1.82, 2.24) is 15.3 Å². The predicted octanol–water partition coefficient (Wildman–Crippen LogP) is 5.78. The molecule has 0 saturated carbocycles. The van der Waals surface area contributed by atoms with Crippen LogP contribution < -0.4 is 10.6 Å². The number of anilines is 2. The number of nitrogens with zero attached hydrogens (tertiary/aromatic N) is 2. The Kier molecular flexibility index (Phi) is 4.49. The molecule has 144 valence electrons. The molecule has 1 saturated heterocycles. The standard InChI is InChI=1S/C20H18F2N4S2/c1-10-11(3-2-6-23-10)16-7-12-18(13(21)8-24-20(12)28-16)26-14-4-5-15-19(17(14)22)25-9-27-15/h4-5,7-11,23H,2-3,6H2,1H3,(H,24,26). The molecule has 3 aromatic heterocycles. The number of halogens is 2. The largest absolute Gasteiger partial charge is 0.350 e. The minimum Gasteiger partial charge on any atom is -0.350 e. The topological polar surface area (TPSA) is 49.8 Å². The Morgan fingerprint density at radius 3 is 3.00 bits per heavy atom. The minimum atomic E-state index is -0.496. The van der Waals surface area contributed by atoms with Gasteiger partial charge in [-0.2, -0.15) is 0 Å². The van der Waals surface area contributed by atoms with Crippen LogP contribution in [-0.4, -0.2) is 22.6 Å². The highest BCUT2D eigenvalue weighted by atomic mass is 32.1. The van der Waals surface area contributed by atoms with Gasteiger partial charge in [-0.15, -0.1) is 22.7 Å². The van der Waals surface area contributed by atoms with Crippen LogP contribution >= 0.6 is 22.7 Å². The van der Waals surface area contributed by atoms with E-state index in [1.165, 1.54) is 22.4 Å². The Hall–Kier alpha value is -2.16. The van der Waals surface area contributed by atoms with Crippen LogP contribution in [0.5, 0.6) is 0 Å². The van der Waals surface area contributed by atoms with E-state index < -0.39 is 11.6 Å². The highest BCUT2D eigenvalue weighted by Gasteiger charge is 2.25. The molecule has 2 N–H and O–H groups in total. The van der Waals surface area contributed by atoms with Gasteiger partial charge in [0.1, 0.15) is 10.3 Å². The monoisotopic (exact) mass is 416 g/mol. The number of fused-ring (bicyclic) bond motifs is 2. The molecule has 5 rings (SSSR count). The van der Waals surface area contributed by atoms with Crippen LogP contribution in [0.25, 0.3) is 20.4 Å². The zero-order valence-electron chi connectivity index (χ0n) is 15.1. The van der Waals surface area contributed by atoms with Crippen LogP contribution in [0.1, 0.15) is 30.6 Å². The third kappa shape index (κ3) is 2.96. The van der Waals surface area contributed by atoms with Crippen molar-refractivity contribution < 1.29 is 8.78 Å². The molecule has 1 aliphatic heterocycles. The molecule has 0 aliphatic carbocycles. The molecule has 28 heavy (non-hydrogen) atoms. The average Bonchev–Trinajstić information content (AvgIpc) is 3.33. The molecule has 0 bridgehead atoms. The molecule has 4 heterocycles. The van der Waals surface area contributed by atoms with Gasteiger partial charge in [0.2, 0.25) is 0 Å². The summed E-state index contributed by atoms with van der Waals surface area (Å²) < 4.78 is 30.2. The molecular formula is C20H18F2N4S2. The lowest BCUT2D eigenvalue weighted by Gasteiger charge is -2.29. The fourth-order valence-electron chi connectivity index (χ4n) is 3.86.